The van der Waals surface area contributed by atoms with Gasteiger partial charge in [0.2, 0.25) is 5.89 Å². The van der Waals surface area contributed by atoms with E-state index in [9.17, 15) is 0 Å². The van der Waals surface area contributed by atoms with Crippen LogP contribution < -0.4 is 5.32 Å². The lowest BCUT2D eigenvalue weighted by molar-refractivity contribution is 0.387. The maximum absolute atomic E-state index is 5.84. The lowest BCUT2D eigenvalue weighted by Crippen LogP contribution is -2.07. The van der Waals surface area contributed by atoms with Crippen molar-refractivity contribution in [1.29, 1.82) is 0 Å². The average Bonchev–Trinajstić information content (AvgIpc) is 2.69. The quantitative estimate of drug-likeness (QED) is 0.920. The van der Waals surface area contributed by atoms with E-state index in [0.29, 0.717) is 30.4 Å². The molecule has 0 bridgehead atoms. The zero-order valence-electron chi connectivity index (χ0n) is 8.94. The number of aryl methyl sites for hydroxylation is 1. The second-order valence-corrected chi connectivity index (χ2v) is 4.02. The van der Waals surface area contributed by atoms with Gasteiger partial charge in [-0.05, 0) is 0 Å². The maximum atomic E-state index is 5.84. The summed E-state index contributed by atoms with van der Waals surface area (Å²) in [5.41, 5.74) is 0.631. The molecule has 8 heteroatoms. The summed E-state index contributed by atoms with van der Waals surface area (Å²) in [5, 5.41) is 14.7. The highest BCUT2D eigenvalue weighted by Crippen LogP contribution is 2.20. The molecule has 0 unspecified atom stereocenters. The predicted octanol–water partition coefficient (Wildman–Crippen LogP) is 2.13. The van der Waals surface area contributed by atoms with E-state index in [1.54, 1.807) is 13.0 Å². The van der Waals surface area contributed by atoms with Crippen LogP contribution in [0, 0.1) is 6.92 Å². The largest absolute Gasteiger partial charge is 0.382 e. The predicted molar refractivity (Wildman–Crippen MR) is 63.3 cm³/mol. The van der Waals surface area contributed by atoms with Crippen molar-refractivity contribution in [3.05, 3.63) is 28.1 Å². The van der Waals surface area contributed by atoms with Crippen molar-refractivity contribution in [2.24, 2.45) is 0 Å². The van der Waals surface area contributed by atoms with Crippen LogP contribution in [0.15, 0.2) is 10.6 Å². The fraction of sp³-hybridized carbons (Fsp3) is 0.333. The molecule has 0 saturated heterocycles. The molecular formula is C9H9Cl2N5O. The van der Waals surface area contributed by atoms with Gasteiger partial charge in [-0.15, -0.1) is 10.2 Å². The third-order valence-corrected chi connectivity index (χ3v) is 2.42. The number of rotatable bonds is 4. The first-order chi connectivity index (χ1) is 8.15. The molecule has 2 heterocycles. The molecule has 2 aromatic heterocycles. The van der Waals surface area contributed by atoms with Crippen LogP contribution in [0.4, 0.5) is 5.69 Å². The molecule has 90 valence electrons. The molecule has 0 aromatic carbocycles. The highest BCUT2D eigenvalue weighted by molar-refractivity contribution is 6.33. The summed E-state index contributed by atoms with van der Waals surface area (Å²) in [6.07, 6.45) is 0.619. The molecule has 0 amide bonds. The van der Waals surface area contributed by atoms with Gasteiger partial charge in [0, 0.05) is 26.0 Å². The smallest absolute Gasteiger partial charge is 0.223 e. The fourth-order valence-corrected chi connectivity index (χ4v) is 1.53. The van der Waals surface area contributed by atoms with Gasteiger partial charge in [-0.25, -0.2) is 0 Å². The van der Waals surface area contributed by atoms with Crippen molar-refractivity contribution < 1.29 is 4.52 Å². The Morgan fingerprint density at radius 3 is 2.88 bits per heavy atom. The Bertz CT molecular complexity index is 516. The molecule has 6 nitrogen and oxygen atoms in total. The second-order valence-electron chi connectivity index (χ2n) is 3.28. The van der Waals surface area contributed by atoms with Crippen molar-refractivity contribution >= 4 is 28.9 Å². The van der Waals surface area contributed by atoms with Gasteiger partial charge >= 0.3 is 0 Å². The lowest BCUT2D eigenvalue weighted by Gasteiger charge is -2.05. The van der Waals surface area contributed by atoms with Gasteiger partial charge in [0.25, 0.3) is 0 Å². The average molecular weight is 274 g/mol. The molecule has 0 spiro atoms. The van der Waals surface area contributed by atoms with Crippen molar-refractivity contribution in [2.45, 2.75) is 13.3 Å². The number of hydrogen-bond donors (Lipinski definition) is 1. The molecular weight excluding hydrogens is 265 g/mol. The van der Waals surface area contributed by atoms with Crippen LogP contribution in [0.5, 0.6) is 0 Å². The molecule has 0 radical (unpaired) electrons. The topological polar surface area (TPSA) is 76.7 Å². The Morgan fingerprint density at radius 2 is 2.18 bits per heavy atom. The van der Waals surface area contributed by atoms with Gasteiger partial charge in [0.15, 0.2) is 16.1 Å². The normalized spacial score (nSPS) is 10.5. The summed E-state index contributed by atoms with van der Waals surface area (Å²) in [7, 11) is 0. The minimum Gasteiger partial charge on any atom is -0.382 e. The molecule has 0 aliphatic heterocycles. The number of halogens is 2. The zero-order valence-corrected chi connectivity index (χ0v) is 10.5. The Balaban J connectivity index is 1.91. The molecule has 1 N–H and O–H groups in total. The van der Waals surface area contributed by atoms with E-state index in [1.807, 2.05) is 0 Å². The molecule has 0 saturated carbocycles. The number of anilines is 1. The van der Waals surface area contributed by atoms with E-state index in [0.717, 1.165) is 0 Å². The van der Waals surface area contributed by atoms with Gasteiger partial charge in [0.05, 0.1) is 5.69 Å². The second kappa shape index (κ2) is 5.29. The Morgan fingerprint density at radius 1 is 1.35 bits per heavy atom. The van der Waals surface area contributed by atoms with Crippen LogP contribution in [-0.2, 0) is 6.42 Å². The van der Waals surface area contributed by atoms with E-state index in [2.05, 4.69) is 25.7 Å². The SMILES string of the molecule is Cc1nc(CCNc2cc(Cl)nnc2Cl)no1. The number of nitrogens with one attached hydrogen (secondary N) is 1. The van der Waals surface area contributed by atoms with Gasteiger partial charge in [0.1, 0.15) is 0 Å². The minimum absolute atomic E-state index is 0.277. The maximum Gasteiger partial charge on any atom is 0.223 e. The van der Waals surface area contributed by atoms with Gasteiger partial charge in [-0.3, -0.25) is 0 Å². The zero-order chi connectivity index (χ0) is 12.3. The summed E-state index contributed by atoms with van der Waals surface area (Å²) < 4.78 is 4.85. The first kappa shape index (κ1) is 12.1. The van der Waals surface area contributed by atoms with Crippen LogP contribution in [0.2, 0.25) is 10.3 Å². The third-order valence-electron chi connectivity index (χ3n) is 1.95. The number of aromatic nitrogens is 4. The van der Waals surface area contributed by atoms with Crippen molar-refractivity contribution in [3.63, 3.8) is 0 Å². The summed E-state index contributed by atoms with van der Waals surface area (Å²) in [5.74, 6) is 1.19. The molecule has 2 aromatic rings. The first-order valence-corrected chi connectivity index (χ1v) is 5.62. The van der Waals surface area contributed by atoms with Crippen LogP contribution >= 0.6 is 23.2 Å². The summed E-state index contributed by atoms with van der Waals surface area (Å²) in [6.45, 7) is 2.34. The van der Waals surface area contributed by atoms with Gasteiger partial charge < -0.3 is 9.84 Å². The molecule has 2 rings (SSSR count). The molecule has 0 aliphatic rings. The van der Waals surface area contributed by atoms with E-state index in [-0.39, 0.29) is 10.3 Å². The van der Waals surface area contributed by atoms with Crippen molar-refractivity contribution in [3.8, 4) is 0 Å². The Kier molecular flexibility index (Phi) is 3.75. The highest BCUT2D eigenvalue weighted by atomic mass is 35.5. The number of nitrogens with zero attached hydrogens (tertiary/aromatic N) is 4. The summed E-state index contributed by atoms with van der Waals surface area (Å²) in [4.78, 5) is 4.08. The van der Waals surface area contributed by atoms with Crippen LogP contribution in [0.25, 0.3) is 0 Å². The van der Waals surface area contributed by atoms with Crippen LogP contribution in [-0.4, -0.2) is 26.9 Å². The van der Waals surface area contributed by atoms with Gasteiger partial charge in [-0.1, -0.05) is 28.4 Å². The van der Waals surface area contributed by atoms with Crippen molar-refractivity contribution in [2.75, 3.05) is 11.9 Å². The van der Waals surface area contributed by atoms with E-state index < -0.39 is 0 Å². The molecule has 0 aliphatic carbocycles. The van der Waals surface area contributed by atoms with E-state index >= 15 is 0 Å². The Labute approximate surface area is 107 Å². The van der Waals surface area contributed by atoms with E-state index in [1.165, 1.54) is 0 Å². The molecule has 0 fully saturated rings. The van der Waals surface area contributed by atoms with Crippen molar-refractivity contribution in [1.82, 2.24) is 20.3 Å². The summed E-state index contributed by atoms with van der Waals surface area (Å²) >= 11 is 11.5. The third kappa shape index (κ3) is 3.28. The first-order valence-electron chi connectivity index (χ1n) is 4.87. The van der Waals surface area contributed by atoms with Crippen LogP contribution in [0.3, 0.4) is 0 Å². The van der Waals surface area contributed by atoms with Gasteiger partial charge in [-0.2, -0.15) is 4.98 Å². The monoisotopic (exact) mass is 273 g/mol. The fourth-order valence-electron chi connectivity index (χ4n) is 1.23. The minimum atomic E-state index is 0.277. The van der Waals surface area contributed by atoms with E-state index in [4.69, 9.17) is 27.7 Å². The number of hydrogen-bond acceptors (Lipinski definition) is 6. The summed E-state index contributed by atoms with van der Waals surface area (Å²) in [6, 6.07) is 1.61. The Hall–Kier alpha value is -1.40. The van der Waals surface area contributed by atoms with Crippen LogP contribution in [0.1, 0.15) is 11.7 Å². The highest BCUT2D eigenvalue weighted by Gasteiger charge is 2.05. The lowest BCUT2D eigenvalue weighted by atomic mass is 10.4. The molecule has 0 atom stereocenters. The molecule has 17 heavy (non-hydrogen) atoms. The standard InChI is InChI=1S/C9H9Cl2N5O/c1-5-13-8(16-17-5)2-3-12-6-4-7(10)14-15-9(6)11/h4H,2-3H2,1H3,(H,12,14).